The van der Waals surface area contributed by atoms with Crippen molar-refractivity contribution in [1.29, 1.82) is 0 Å². The number of fused-ring (bicyclic) bond motifs is 10. The third-order valence-electron chi connectivity index (χ3n) is 11.1. The summed E-state index contributed by atoms with van der Waals surface area (Å²) >= 11 is 0. The Labute approximate surface area is 310 Å². The Hall–Kier alpha value is -5.94. The average molecular weight is 690 g/mol. The van der Waals surface area contributed by atoms with Crippen LogP contribution in [0.2, 0.25) is 0 Å². The lowest BCUT2D eigenvalue weighted by Crippen LogP contribution is -2.57. The molecule has 53 heavy (non-hydrogen) atoms. The molecule has 0 atom stereocenters. The first-order valence-electron chi connectivity index (χ1n) is 18.9. The zero-order chi connectivity index (χ0) is 35.8. The van der Waals surface area contributed by atoms with Crippen LogP contribution in [0.1, 0.15) is 51.7 Å². The van der Waals surface area contributed by atoms with Crippen molar-refractivity contribution in [2.75, 3.05) is 4.90 Å². The van der Waals surface area contributed by atoms with Crippen LogP contribution >= 0.6 is 0 Å². The highest BCUT2D eigenvalue weighted by molar-refractivity contribution is 6.98. The van der Waals surface area contributed by atoms with E-state index in [1.54, 1.807) is 0 Å². The van der Waals surface area contributed by atoms with E-state index in [1.807, 2.05) is 12.1 Å². The molecule has 0 bridgehead atoms. The molecule has 2 aliphatic rings. The summed E-state index contributed by atoms with van der Waals surface area (Å²) in [6, 6.07) is 47.9. The number of hydrogen-bond donors (Lipinski definition) is 0. The number of benzene rings is 7. The highest BCUT2D eigenvalue weighted by atomic mass is 16.5. The van der Waals surface area contributed by atoms with Crippen molar-refractivity contribution < 1.29 is 13.9 Å². The van der Waals surface area contributed by atoms with Crippen LogP contribution in [0.4, 0.5) is 17.1 Å². The van der Waals surface area contributed by atoms with Crippen molar-refractivity contribution in [3.63, 3.8) is 0 Å². The van der Waals surface area contributed by atoms with Gasteiger partial charge in [-0.05, 0) is 88.2 Å². The molecular weight excluding hydrogens is 649 g/mol. The van der Waals surface area contributed by atoms with Crippen molar-refractivity contribution >= 4 is 72.9 Å². The van der Waals surface area contributed by atoms with E-state index in [1.165, 1.54) is 24.0 Å². The zero-order valence-electron chi connectivity index (χ0n) is 30.6. The van der Waals surface area contributed by atoms with Gasteiger partial charge in [0.05, 0.1) is 5.69 Å². The molecule has 0 N–H and O–H groups in total. The van der Waals surface area contributed by atoms with Crippen LogP contribution in [-0.2, 0) is 11.8 Å². The fourth-order valence-corrected chi connectivity index (χ4v) is 8.42. The van der Waals surface area contributed by atoms with Gasteiger partial charge in [-0.3, -0.25) is 0 Å². The second kappa shape index (κ2) is 12.1. The average Bonchev–Trinajstić information content (AvgIpc) is 3.56. The summed E-state index contributed by atoms with van der Waals surface area (Å²) in [4.78, 5) is 2.38. The molecule has 0 aliphatic carbocycles. The van der Waals surface area contributed by atoms with Crippen LogP contribution < -0.4 is 30.8 Å². The van der Waals surface area contributed by atoms with Gasteiger partial charge in [0, 0.05) is 39.1 Å². The second-order valence-corrected chi connectivity index (χ2v) is 15.5. The van der Waals surface area contributed by atoms with Crippen LogP contribution in [0.3, 0.4) is 0 Å². The van der Waals surface area contributed by atoms with Gasteiger partial charge in [0.25, 0.3) is 6.71 Å². The highest BCUT2D eigenvalue weighted by Crippen LogP contribution is 2.48. The van der Waals surface area contributed by atoms with Crippen LogP contribution in [0.15, 0.2) is 138 Å². The van der Waals surface area contributed by atoms with Crippen LogP contribution in [0.25, 0.3) is 32.7 Å². The number of hydrogen-bond acceptors (Lipinski definition) is 4. The molecule has 7 aromatic carbocycles. The number of unbranched alkanes of at least 4 members (excludes halogenated alkanes) is 1. The topological polar surface area (TPSA) is 34.8 Å². The first-order valence-corrected chi connectivity index (χ1v) is 18.9. The summed E-state index contributed by atoms with van der Waals surface area (Å²) in [7, 11) is 0. The van der Waals surface area contributed by atoms with E-state index in [0.29, 0.717) is 0 Å². The van der Waals surface area contributed by atoms with Crippen LogP contribution in [0, 0.1) is 0 Å². The van der Waals surface area contributed by atoms with Gasteiger partial charge in [-0.2, -0.15) is 0 Å². The number of para-hydroxylation sites is 2. The first-order chi connectivity index (χ1) is 25.9. The summed E-state index contributed by atoms with van der Waals surface area (Å²) in [6.07, 6.45) is 3.45. The monoisotopic (exact) mass is 689 g/mol. The predicted molar refractivity (Wildman–Crippen MR) is 221 cm³/mol. The molecule has 0 saturated carbocycles. The SMILES string of the molecule is CCCCc1ccc(N(c2ccc(C(C)(C)C)cc2)c2cc3oc4c5c6c(cc4c3c3ccccc23)Oc2ccccc2B6c2ccccc2O5)cc1. The molecule has 8 aromatic rings. The molecule has 0 amide bonds. The number of ether oxygens (including phenoxy) is 2. The Kier molecular flexibility index (Phi) is 7.23. The second-order valence-electron chi connectivity index (χ2n) is 15.5. The Bertz CT molecular complexity index is 2690. The number of rotatable bonds is 6. The minimum atomic E-state index is -0.0216. The minimum absolute atomic E-state index is 0.0216. The van der Waals surface area contributed by atoms with E-state index in [9.17, 15) is 0 Å². The molecule has 0 saturated heterocycles. The van der Waals surface area contributed by atoms with Crippen molar-refractivity contribution in [2.24, 2.45) is 0 Å². The third-order valence-corrected chi connectivity index (χ3v) is 11.1. The van der Waals surface area contributed by atoms with E-state index >= 15 is 0 Å². The highest BCUT2D eigenvalue weighted by Gasteiger charge is 2.42. The maximum absolute atomic E-state index is 7.02. The molecule has 3 heterocycles. The Morgan fingerprint density at radius 2 is 1.25 bits per heavy atom. The van der Waals surface area contributed by atoms with Gasteiger partial charge >= 0.3 is 0 Å². The summed E-state index contributed by atoms with van der Waals surface area (Å²) < 4.78 is 20.5. The maximum atomic E-state index is 7.02. The first kappa shape index (κ1) is 31.8. The van der Waals surface area contributed by atoms with Crippen molar-refractivity contribution in [3.8, 4) is 23.0 Å². The van der Waals surface area contributed by atoms with Crippen molar-refractivity contribution in [2.45, 2.75) is 52.4 Å². The fourth-order valence-electron chi connectivity index (χ4n) is 8.42. The molecular formula is C48H40BNO3. The van der Waals surface area contributed by atoms with Gasteiger partial charge in [-0.15, -0.1) is 0 Å². The van der Waals surface area contributed by atoms with E-state index in [-0.39, 0.29) is 12.1 Å². The molecule has 1 aromatic heterocycles. The Balaban J connectivity index is 1.22. The van der Waals surface area contributed by atoms with E-state index < -0.39 is 0 Å². The lowest BCUT2D eigenvalue weighted by molar-refractivity contribution is 0.462. The van der Waals surface area contributed by atoms with Gasteiger partial charge in [0.2, 0.25) is 0 Å². The third kappa shape index (κ3) is 5.05. The molecule has 258 valence electrons. The molecule has 2 aliphatic heterocycles. The molecule has 4 nitrogen and oxygen atoms in total. The summed E-state index contributed by atoms with van der Waals surface area (Å²) in [5, 5.41) is 4.29. The Morgan fingerprint density at radius 3 is 1.92 bits per heavy atom. The molecule has 5 heteroatoms. The predicted octanol–water partition coefficient (Wildman–Crippen LogP) is 11.6. The van der Waals surface area contributed by atoms with Gasteiger partial charge in [-0.1, -0.05) is 119 Å². The molecule has 0 fully saturated rings. The van der Waals surface area contributed by atoms with Gasteiger partial charge in [0.15, 0.2) is 11.3 Å². The van der Waals surface area contributed by atoms with Gasteiger partial charge < -0.3 is 18.8 Å². The van der Waals surface area contributed by atoms with Crippen molar-refractivity contribution in [3.05, 3.63) is 145 Å². The van der Waals surface area contributed by atoms with Crippen LogP contribution in [-0.4, -0.2) is 6.71 Å². The summed E-state index contributed by atoms with van der Waals surface area (Å²) in [6.45, 7) is 9.01. The van der Waals surface area contributed by atoms with E-state index in [4.69, 9.17) is 13.9 Å². The number of furan rings is 1. The van der Waals surface area contributed by atoms with Crippen molar-refractivity contribution in [1.82, 2.24) is 0 Å². The standard InChI is InChI=1S/C48H40BNO3/c1-5-6-13-30-20-24-32(25-21-30)50(33-26-22-31(23-27-33)48(2,3)4)39-29-42-44(35-15-8-7-14-34(35)39)36-28-43-45-47(46(36)53-42)52-41-19-12-10-17-38(41)49(45)37-16-9-11-18-40(37)51-43/h7-12,14-29H,5-6,13H2,1-4H3. The summed E-state index contributed by atoms with van der Waals surface area (Å²) in [5.74, 6) is 3.26. The smallest absolute Gasteiger partial charge is 0.260 e. The molecule has 0 unspecified atom stereocenters. The Morgan fingerprint density at radius 1 is 0.623 bits per heavy atom. The number of nitrogens with zero attached hydrogens (tertiary/aromatic N) is 1. The number of aryl methyl sites for hydroxylation is 1. The zero-order valence-corrected chi connectivity index (χ0v) is 30.6. The lowest BCUT2D eigenvalue weighted by Gasteiger charge is -2.32. The molecule has 10 rings (SSSR count). The van der Waals surface area contributed by atoms with Crippen LogP contribution in [0.5, 0.6) is 23.0 Å². The minimum Gasteiger partial charge on any atom is -0.458 e. The van der Waals surface area contributed by atoms with Gasteiger partial charge in [0.1, 0.15) is 22.8 Å². The fraction of sp³-hybridized carbons (Fsp3) is 0.167. The summed E-state index contributed by atoms with van der Waals surface area (Å²) in [5.41, 5.74) is 10.8. The maximum Gasteiger partial charge on any atom is 0.260 e. The number of anilines is 3. The van der Waals surface area contributed by atoms with Gasteiger partial charge in [-0.25, -0.2) is 0 Å². The lowest BCUT2D eigenvalue weighted by atomic mass is 9.35. The normalized spacial score (nSPS) is 13.0. The molecule has 0 radical (unpaired) electrons. The van der Waals surface area contributed by atoms with E-state index in [0.717, 1.165) is 95.6 Å². The molecule has 0 spiro atoms. The largest absolute Gasteiger partial charge is 0.458 e. The quantitative estimate of drug-likeness (QED) is 0.163. The van der Waals surface area contributed by atoms with E-state index in [2.05, 4.69) is 154 Å².